The predicted octanol–water partition coefficient (Wildman–Crippen LogP) is 6.29. The number of hydrogen-bond acceptors (Lipinski definition) is 3. The summed E-state index contributed by atoms with van der Waals surface area (Å²) in [5, 5.41) is 0. The molecule has 31 heavy (non-hydrogen) atoms. The minimum absolute atomic E-state index is 0.0491. The van der Waals surface area contributed by atoms with Gasteiger partial charge in [-0.1, -0.05) is 83.1 Å². The molecule has 0 spiro atoms. The molecule has 0 aromatic heterocycles. The van der Waals surface area contributed by atoms with E-state index in [0.717, 1.165) is 12.2 Å². The van der Waals surface area contributed by atoms with E-state index in [1.165, 1.54) is 5.56 Å². The number of rotatable bonds is 12. The van der Waals surface area contributed by atoms with E-state index in [1.54, 1.807) is 0 Å². The molecule has 0 saturated carbocycles. The van der Waals surface area contributed by atoms with E-state index in [1.807, 2.05) is 30.3 Å². The summed E-state index contributed by atoms with van der Waals surface area (Å²) in [7, 11) is 4.31. The van der Waals surface area contributed by atoms with Crippen molar-refractivity contribution >= 4 is 0 Å². The van der Waals surface area contributed by atoms with Crippen LogP contribution < -0.4 is 4.74 Å². The van der Waals surface area contributed by atoms with Crippen molar-refractivity contribution in [1.82, 2.24) is 0 Å². The van der Waals surface area contributed by atoms with Crippen LogP contribution in [-0.2, 0) is 9.57 Å². The van der Waals surface area contributed by atoms with Gasteiger partial charge in [0.1, 0.15) is 25.0 Å². The Hall–Kier alpha value is -1.88. The zero-order chi connectivity index (χ0) is 23.0. The van der Waals surface area contributed by atoms with Gasteiger partial charge in [0.15, 0.2) is 0 Å². The summed E-state index contributed by atoms with van der Waals surface area (Å²) in [6.45, 7) is 13.8. The van der Waals surface area contributed by atoms with Crippen molar-refractivity contribution in [2.75, 3.05) is 40.5 Å². The van der Waals surface area contributed by atoms with Gasteiger partial charge in [-0.15, -0.1) is 0 Å². The highest BCUT2D eigenvalue weighted by Gasteiger charge is 2.46. The third kappa shape index (κ3) is 8.64. The first kappa shape index (κ1) is 25.4. The monoisotopic (exact) mass is 428 g/mol. The van der Waals surface area contributed by atoms with Crippen LogP contribution in [0.4, 0.5) is 0 Å². The molecular formula is C27H42NO3+. The lowest BCUT2D eigenvalue weighted by molar-refractivity contribution is -1.10. The zero-order valence-corrected chi connectivity index (χ0v) is 20.6. The van der Waals surface area contributed by atoms with E-state index in [2.05, 4.69) is 79.0 Å². The molecule has 2 aromatic rings. The van der Waals surface area contributed by atoms with Crippen molar-refractivity contribution in [3.8, 4) is 5.75 Å². The first-order valence-corrected chi connectivity index (χ1v) is 11.3. The van der Waals surface area contributed by atoms with Crippen molar-refractivity contribution in [3.05, 3.63) is 66.2 Å². The van der Waals surface area contributed by atoms with Crippen molar-refractivity contribution in [1.29, 1.82) is 0 Å². The number of nitrogens with zero attached hydrogens (tertiary/aromatic N) is 1. The van der Waals surface area contributed by atoms with Gasteiger partial charge in [-0.25, -0.2) is 4.84 Å². The maximum atomic E-state index is 6.38. The molecule has 0 aliphatic carbocycles. The normalized spacial score (nSPS) is 13.8. The molecule has 0 aliphatic heterocycles. The maximum Gasteiger partial charge on any atom is 0.149 e. The van der Waals surface area contributed by atoms with Gasteiger partial charge >= 0.3 is 0 Å². The summed E-state index contributed by atoms with van der Waals surface area (Å²) >= 11 is 0. The Morgan fingerprint density at radius 2 is 1.29 bits per heavy atom. The third-order valence-corrected chi connectivity index (χ3v) is 5.35. The van der Waals surface area contributed by atoms with Gasteiger partial charge in [0.2, 0.25) is 0 Å². The fraction of sp³-hybridized carbons (Fsp3) is 0.556. The van der Waals surface area contributed by atoms with Gasteiger partial charge in [0.25, 0.3) is 0 Å². The molecule has 1 atom stereocenters. The first-order chi connectivity index (χ1) is 14.5. The fourth-order valence-electron chi connectivity index (χ4n) is 4.99. The minimum Gasteiger partial charge on any atom is -0.491 e. The number of para-hydroxylation sites is 1. The molecule has 0 fully saturated rings. The SMILES string of the molecule is CC(C)(C)CC(C)(C)C(c1ccccc1)[N+](C)(C)OCCOCCOc1ccccc1. The van der Waals surface area contributed by atoms with Crippen molar-refractivity contribution in [3.63, 3.8) is 0 Å². The van der Waals surface area contributed by atoms with Crippen LogP contribution in [0, 0.1) is 10.8 Å². The van der Waals surface area contributed by atoms with Gasteiger partial charge in [0.05, 0.1) is 27.3 Å². The molecule has 2 aromatic carbocycles. The smallest absolute Gasteiger partial charge is 0.149 e. The predicted molar refractivity (Wildman–Crippen MR) is 128 cm³/mol. The molecule has 0 radical (unpaired) electrons. The van der Waals surface area contributed by atoms with Crippen molar-refractivity contribution in [2.24, 2.45) is 10.8 Å². The quantitative estimate of drug-likeness (QED) is 0.226. The van der Waals surface area contributed by atoms with Crippen LogP contribution in [0.25, 0.3) is 0 Å². The summed E-state index contributed by atoms with van der Waals surface area (Å²) in [6.07, 6.45) is 1.10. The second kappa shape index (κ2) is 11.1. The maximum absolute atomic E-state index is 6.38. The van der Waals surface area contributed by atoms with Crippen molar-refractivity contribution < 1.29 is 19.0 Å². The van der Waals surface area contributed by atoms with E-state index in [-0.39, 0.29) is 16.9 Å². The van der Waals surface area contributed by atoms with Crippen LogP contribution in [0.15, 0.2) is 60.7 Å². The molecule has 0 N–H and O–H groups in total. The molecule has 4 nitrogen and oxygen atoms in total. The second-order valence-electron chi connectivity index (χ2n) is 10.6. The Bertz CT molecular complexity index is 751. The zero-order valence-electron chi connectivity index (χ0n) is 20.6. The van der Waals surface area contributed by atoms with E-state index in [4.69, 9.17) is 14.3 Å². The Kier molecular flexibility index (Phi) is 9.11. The highest BCUT2D eigenvalue weighted by molar-refractivity contribution is 5.21. The molecule has 0 amide bonds. The summed E-state index contributed by atoms with van der Waals surface area (Å²) in [5.41, 5.74) is 1.59. The minimum atomic E-state index is 0.0491. The van der Waals surface area contributed by atoms with Crippen LogP contribution in [0.1, 0.15) is 52.6 Å². The van der Waals surface area contributed by atoms with Gasteiger partial charge in [-0.2, -0.15) is 4.65 Å². The topological polar surface area (TPSA) is 27.7 Å². The van der Waals surface area contributed by atoms with Gasteiger partial charge < -0.3 is 9.47 Å². The molecular weight excluding hydrogens is 386 g/mol. The molecule has 0 aliphatic rings. The van der Waals surface area contributed by atoms with E-state index in [0.29, 0.717) is 31.1 Å². The van der Waals surface area contributed by atoms with E-state index in [9.17, 15) is 0 Å². The summed E-state index contributed by atoms with van der Waals surface area (Å²) in [4.78, 5) is 6.38. The van der Waals surface area contributed by atoms with Crippen LogP contribution in [0.3, 0.4) is 0 Å². The van der Waals surface area contributed by atoms with Crippen molar-refractivity contribution in [2.45, 2.75) is 47.1 Å². The summed E-state index contributed by atoms with van der Waals surface area (Å²) in [6, 6.07) is 20.8. The lowest BCUT2D eigenvalue weighted by Crippen LogP contribution is -2.50. The standard InChI is InChI=1S/C27H42NO3/c1-26(2,3)22-27(4,5)25(23-14-10-8-11-15-23)28(6,7)31-21-19-29-18-20-30-24-16-12-9-13-17-24/h8-17,25H,18-22H2,1-7H3/q+1. The van der Waals surface area contributed by atoms with E-state index >= 15 is 0 Å². The second-order valence-corrected chi connectivity index (χ2v) is 10.6. The lowest BCUT2D eigenvalue weighted by atomic mass is 9.69. The fourth-order valence-corrected chi connectivity index (χ4v) is 4.99. The Morgan fingerprint density at radius 1 is 0.742 bits per heavy atom. The molecule has 0 saturated heterocycles. The number of benzene rings is 2. The molecule has 172 valence electrons. The summed E-state index contributed by atoms with van der Waals surface area (Å²) < 4.78 is 11.9. The van der Waals surface area contributed by atoms with Crippen LogP contribution >= 0.6 is 0 Å². The van der Waals surface area contributed by atoms with Crippen LogP contribution in [-0.4, -0.2) is 45.2 Å². The molecule has 1 unspecified atom stereocenters. The number of quaternary nitrogens is 1. The highest BCUT2D eigenvalue weighted by Crippen LogP contribution is 2.47. The number of hydrogen-bond donors (Lipinski definition) is 0. The average molecular weight is 429 g/mol. The van der Waals surface area contributed by atoms with Crippen LogP contribution in [0.2, 0.25) is 0 Å². The third-order valence-electron chi connectivity index (χ3n) is 5.35. The van der Waals surface area contributed by atoms with Gasteiger partial charge in [-0.05, 0) is 24.0 Å². The van der Waals surface area contributed by atoms with Gasteiger partial charge in [-0.3, -0.25) is 0 Å². The number of ether oxygens (including phenoxy) is 2. The molecule has 4 heteroatoms. The van der Waals surface area contributed by atoms with Crippen LogP contribution in [0.5, 0.6) is 5.75 Å². The summed E-state index contributed by atoms with van der Waals surface area (Å²) in [5.74, 6) is 0.868. The Balaban J connectivity index is 1.92. The molecule has 0 heterocycles. The average Bonchev–Trinajstić information content (AvgIpc) is 2.66. The lowest BCUT2D eigenvalue weighted by Gasteiger charge is -2.46. The molecule has 2 rings (SSSR count). The highest BCUT2D eigenvalue weighted by atomic mass is 16.7. The first-order valence-electron chi connectivity index (χ1n) is 11.3. The van der Waals surface area contributed by atoms with E-state index < -0.39 is 0 Å². The Labute approximate surface area is 189 Å². The molecule has 0 bridgehead atoms. The Morgan fingerprint density at radius 3 is 1.87 bits per heavy atom. The largest absolute Gasteiger partial charge is 0.491 e. The van der Waals surface area contributed by atoms with Gasteiger partial charge in [0, 0.05) is 11.0 Å². The number of hydroxylamine groups is 3.